The van der Waals surface area contributed by atoms with Crippen LogP contribution in [0, 0.1) is 10.1 Å². The summed E-state index contributed by atoms with van der Waals surface area (Å²) in [6.45, 7) is 0. The molecule has 1 aliphatic rings. The number of halogens is 2. The Morgan fingerprint density at radius 1 is 1.39 bits per heavy atom. The molecule has 1 aromatic carbocycles. The van der Waals surface area contributed by atoms with E-state index in [9.17, 15) is 10.1 Å². The fraction of sp³-hybridized carbons (Fsp3) is 0.200. The lowest BCUT2D eigenvalue weighted by atomic mass is 10.1. The van der Waals surface area contributed by atoms with Gasteiger partial charge in [-0.3, -0.25) is 14.8 Å². The molecular weight excluding hydrogens is 297 g/mol. The van der Waals surface area contributed by atoms with Crippen LogP contribution >= 0.6 is 35.3 Å². The van der Waals surface area contributed by atoms with Crippen molar-refractivity contribution in [3.63, 3.8) is 0 Å². The Labute approximate surface area is 118 Å². The van der Waals surface area contributed by atoms with Crippen molar-refractivity contribution in [1.82, 2.24) is 4.72 Å². The van der Waals surface area contributed by atoms with Crippen molar-refractivity contribution >= 4 is 46.7 Å². The molecule has 1 N–H and O–H groups in total. The maximum atomic E-state index is 10.9. The zero-order chi connectivity index (χ0) is 13.5. The third-order valence-electron chi connectivity index (χ3n) is 2.58. The maximum Gasteiger partial charge on any atom is 0.288 e. The Kier molecular flexibility index (Phi) is 3.46. The summed E-state index contributed by atoms with van der Waals surface area (Å²) in [5, 5.41) is 11.4. The van der Waals surface area contributed by atoms with Crippen LogP contribution in [0.3, 0.4) is 0 Å². The second kappa shape index (κ2) is 4.62. The van der Waals surface area contributed by atoms with E-state index in [4.69, 9.17) is 23.2 Å². The van der Waals surface area contributed by atoms with Gasteiger partial charge in [0.1, 0.15) is 5.02 Å². The van der Waals surface area contributed by atoms with Crippen LogP contribution in [-0.4, -0.2) is 22.9 Å². The number of nitro groups is 1. The third-order valence-corrected chi connectivity index (χ3v) is 4.15. The van der Waals surface area contributed by atoms with Gasteiger partial charge in [0.15, 0.2) is 5.70 Å². The Bertz CT molecular complexity index is 560. The molecule has 8 heteroatoms. The van der Waals surface area contributed by atoms with E-state index in [1.807, 2.05) is 14.1 Å². The summed E-state index contributed by atoms with van der Waals surface area (Å²) in [5.74, 6) is 0. The molecule has 1 aromatic rings. The highest BCUT2D eigenvalue weighted by Gasteiger charge is 2.36. The molecule has 1 heterocycles. The zero-order valence-corrected chi connectivity index (χ0v) is 11.9. The maximum absolute atomic E-state index is 10.9. The molecule has 0 atom stereocenters. The highest BCUT2D eigenvalue weighted by Crippen LogP contribution is 2.44. The summed E-state index contributed by atoms with van der Waals surface area (Å²) >= 11 is 13.7. The minimum Gasteiger partial charge on any atom is -0.282 e. The Hall–Kier alpha value is -0.950. The zero-order valence-electron chi connectivity index (χ0n) is 9.61. The van der Waals surface area contributed by atoms with Crippen LogP contribution < -0.4 is 4.72 Å². The first-order valence-electron chi connectivity index (χ1n) is 4.96. The molecule has 0 fully saturated rings. The fourth-order valence-electron chi connectivity index (χ4n) is 1.68. The van der Waals surface area contributed by atoms with Gasteiger partial charge in [-0.05, 0) is 6.07 Å². The molecule has 0 saturated heterocycles. The van der Waals surface area contributed by atoms with Crippen LogP contribution in [0.25, 0.3) is 5.70 Å². The summed E-state index contributed by atoms with van der Waals surface area (Å²) in [6, 6.07) is 2.80. The molecule has 0 unspecified atom stereocenters. The van der Waals surface area contributed by atoms with Crippen molar-refractivity contribution in [1.29, 1.82) is 0 Å². The van der Waals surface area contributed by atoms with Crippen molar-refractivity contribution in [2.24, 2.45) is 0 Å². The molecule has 0 radical (unpaired) electrons. The van der Waals surface area contributed by atoms with Crippen LogP contribution in [0.5, 0.6) is 0 Å². The van der Waals surface area contributed by atoms with Gasteiger partial charge in [-0.1, -0.05) is 23.2 Å². The Balaban J connectivity index is 2.65. The van der Waals surface area contributed by atoms with Crippen LogP contribution in [0.15, 0.2) is 18.3 Å². The summed E-state index contributed by atoms with van der Waals surface area (Å²) < 4.78 is 3.44. The van der Waals surface area contributed by atoms with Gasteiger partial charge in [0.05, 0.1) is 35.8 Å². The predicted octanol–water partition coefficient (Wildman–Crippen LogP) is 3.44. The molecule has 0 amide bonds. The average Bonchev–Trinajstić information content (AvgIpc) is 2.58. The average molecular weight is 307 g/mol. The van der Waals surface area contributed by atoms with E-state index in [0.29, 0.717) is 14.5 Å². The molecular formula is C10H10Cl2N3O2S+. The first-order valence-corrected chi connectivity index (χ1v) is 6.49. The van der Waals surface area contributed by atoms with Gasteiger partial charge in [-0.2, -0.15) is 0 Å². The number of nitro benzene ring substituents is 1. The standard InChI is InChI=1S/C10H10Cl2N3O2S/c1-15(2)8(5-13-18-15)9-6(11)3-4-7(10(9)12)14(16)17/h3-5,13H,1-2H3/q+1. The number of hydrogen-bond donors (Lipinski definition) is 1. The highest BCUT2D eigenvalue weighted by atomic mass is 35.5. The molecule has 0 spiro atoms. The Morgan fingerprint density at radius 3 is 2.56 bits per heavy atom. The summed E-state index contributed by atoms with van der Waals surface area (Å²) in [5.41, 5.74) is 1.14. The smallest absolute Gasteiger partial charge is 0.282 e. The summed E-state index contributed by atoms with van der Waals surface area (Å²) in [4.78, 5) is 10.4. The first-order chi connectivity index (χ1) is 8.34. The number of rotatable bonds is 2. The van der Waals surface area contributed by atoms with Crippen molar-refractivity contribution in [3.8, 4) is 0 Å². The van der Waals surface area contributed by atoms with Crippen LogP contribution in [-0.2, 0) is 0 Å². The summed E-state index contributed by atoms with van der Waals surface area (Å²) in [6.07, 6.45) is 1.75. The van der Waals surface area contributed by atoms with Gasteiger partial charge >= 0.3 is 0 Å². The number of hydrogen-bond acceptors (Lipinski definition) is 4. The topological polar surface area (TPSA) is 55.2 Å². The van der Waals surface area contributed by atoms with Gasteiger partial charge < -0.3 is 0 Å². The largest absolute Gasteiger partial charge is 0.288 e. The van der Waals surface area contributed by atoms with Gasteiger partial charge in [-0.15, -0.1) is 0 Å². The summed E-state index contributed by atoms with van der Waals surface area (Å²) in [7, 11) is 3.87. The molecule has 18 heavy (non-hydrogen) atoms. The number of benzene rings is 1. The number of nitrogens with one attached hydrogen (secondary N) is 1. The van der Waals surface area contributed by atoms with Gasteiger partial charge in [-0.25, -0.2) is 3.89 Å². The lowest BCUT2D eigenvalue weighted by molar-refractivity contribution is -0.666. The third kappa shape index (κ3) is 2.16. The SMILES string of the molecule is C[N+]1(C)SNC=C1c1c(Cl)ccc([N+](=O)[O-])c1Cl. The predicted molar refractivity (Wildman–Crippen MR) is 73.9 cm³/mol. The quantitative estimate of drug-likeness (QED) is 0.393. The normalized spacial score (nSPS) is 17.2. The van der Waals surface area contributed by atoms with E-state index >= 15 is 0 Å². The number of quaternary nitrogens is 1. The van der Waals surface area contributed by atoms with E-state index in [-0.39, 0.29) is 10.7 Å². The van der Waals surface area contributed by atoms with E-state index in [1.165, 1.54) is 24.3 Å². The molecule has 96 valence electrons. The monoisotopic (exact) mass is 306 g/mol. The molecule has 0 aromatic heterocycles. The fourth-order valence-corrected chi connectivity index (χ4v) is 2.98. The van der Waals surface area contributed by atoms with Crippen LogP contribution in [0.1, 0.15) is 5.56 Å². The van der Waals surface area contributed by atoms with Crippen molar-refractivity contribution < 1.29 is 8.81 Å². The number of nitrogens with zero attached hydrogens (tertiary/aromatic N) is 2. The van der Waals surface area contributed by atoms with Crippen LogP contribution in [0.2, 0.25) is 10.0 Å². The molecule has 1 aliphatic heterocycles. The Morgan fingerprint density at radius 2 is 2.06 bits per heavy atom. The van der Waals surface area contributed by atoms with Gasteiger partial charge in [0, 0.05) is 6.07 Å². The minimum atomic E-state index is -0.516. The second-order valence-electron chi connectivity index (χ2n) is 4.10. The molecule has 5 nitrogen and oxygen atoms in total. The van der Waals surface area contributed by atoms with Gasteiger partial charge in [0.25, 0.3) is 5.69 Å². The molecule has 0 bridgehead atoms. The van der Waals surface area contributed by atoms with E-state index in [2.05, 4.69) is 4.72 Å². The van der Waals surface area contributed by atoms with E-state index < -0.39 is 4.92 Å². The first kappa shape index (κ1) is 13.5. The van der Waals surface area contributed by atoms with E-state index in [1.54, 1.807) is 6.20 Å². The van der Waals surface area contributed by atoms with Crippen LogP contribution in [0.4, 0.5) is 5.69 Å². The minimum absolute atomic E-state index is 0.0641. The molecule has 0 aliphatic carbocycles. The second-order valence-corrected chi connectivity index (χ2v) is 6.22. The lowest BCUT2D eigenvalue weighted by Crippen LogP contribution is -2.27. The van der Waals surface area contributed by atoms with Crippen molar-refractivity contribution in [2.45, 2.75) is 0 Å². The highest BCUT2D eigenvalue weighted by molar-refractivity contribution is 7.92. The van der Waals surface area contributed by atoms with Crippen molar-refractivity contribution in [3.05, 3.63) is 44.1 Å². The van der Waals surface area contributed by atoms with Gasteiger partial charge in [0.2, 0.25) is 12.1 Å². The van der Waals surface area contributed by atoms with E-state index in [0.717, 1.165) is 5.70 Å². The lowest BCUT2D eigenvalue weighted by Gasteiger charge is -2.22. The van der Waals surface area contributed by atoms with Crippen molar-refractivity contribution in [2.75, 3.05) is 14.1 Å². The molecule has 0 saturated carbocycles. The molecule has 2 rings (SSSR count).